The monoisotopic (exact) mass is 305 g/mol. The molecule has 1 N–H and O–H groups in total. The number of carboxylic acids is 1. The van der Waals surface area contributed by atoms with Gasteiger partial charge in [0.25, 0.3) is 0 Å². The van der Waals surface area contributed by atoms with Crippen molar-refractivity contribution in [3.8, 4) is 0 Å². The minimum Gasteiger partial charge on any atom is -0.481 e. The van der Waals surface area contributed by atoms with Crippen molar-refractivity contribution in [1.82, 2.24) is 14.8 Å². The van der Waals surface area contributed by atoms with Crippen LogP contribution in [0.4, 0.5) is 0 Å². The zero-order chi connectivity index (χ0) is 14.3. The Morgan fingerprint density at radius 1 is 1.42 bits per heavy atom. The number of hydrogen-bond acceptors (Lipinski definition) is 5. The molecule has 0 spiro atoms. The van der Waals surface area contributed by atoms with Crippen LogP contribution in [0.1, 0.15) is 26.1 Å². The number of aromatic nitrogens is 3. The average Bonchev–Trinajstić information content (AvgIpc) is 2.76. The van der Waals surface area contributed by atoms with E-state index in [9.17, 15) is 9.00 Å². The van der Waals surface area contributed by atoms with Crippen LogP contribution >= 0.6 is 11.8 Å². The van der Waals surface area contributed by atoms with Crippen molar-refractivity contribution < 1.29 is 14.1 Å². The van der Waals surface area contributed by atoms with E-state index in [1.54, 1.807) is 0 Å². The maximum atomic E-state index is 11.5. The lowest BCUT2D eigenvalue weighted by Crippen LogP contribution is -2.13. The van der Waals surface area contributed by atoms with Gasteiger partial charge in [0.05, 0.1) is 5.75 Å². The molecule has 8 heteroatoms. The van der Waals surface area contributed by atoms with Gasteiger partial charge in [0.1, 0.15) is 5.82 Å². The number of carboxylic acid groups (broad SMARTS) is 1. The fourth-order valence-corrected chi connectivity index (χ4v) is 2.90. The van der Waals surface area contributed by atoms with E-state index in [-0.39, 0.29) is 5.75 Å². The minimum absolute atomic E-state index is 0.0406. The number of thioether (sulfide) groups is 1. The van der Waals surface area contributed by atoms with Crippen LogP contribution in [0.3, 0.4) is 0 Å². The molecule has 1 aromatic heterocycles. The minimum atomic E-state index is -0.881. The Balaban J connectivity index is 2.78. The second-order valence-electron chi connectivity index (χ2n) is 3.92. The van der Waals surface area contributed by atoms with Crippen LogP contribution < -0.4 is 0 Å². The first-order valence-corrected chi connectivity index (χ1v) is 8.67. The zero-order valence-electron chi connectivity index (χ0n) is 11.2. The molecular formula is C11H19N3O3S2. The predicted molar refractivity (Wildman–Crippen MR) is 75.9 cm³/mol. The smallest absolute Gasteiger partial charge is 0.313 e. The van der Waals surface area contributed by atoms with Crippen LogP contribution in [0.5, 0.6) is 0 Å². The van der Waals surface area contributed by atoms with Gasteiger partial charge in [-0.3, -0.25) is 9.00 Å². The molecule has 0 aliphatic heterocycles. The second-order valence-corrected chi connectivity index (χ2v) is 6.72. The molecule has 0 saturated heterocycles. The number of nitrogens with zero attached hydrogens (tertiary/aromatic N) is 3. The van der Waals surface area contributed by atoms with E-state index in [0.29, 0.717) is 23.2 Å². The third kappa shape index (κ3) is 5.32. The maximum absolute atomic E-state index is 11.5. The highest BCUT2D eigenvalue weighted by Gasteiger charge is 2.13. The predicted octanol–water partition coefficient (Wildman–Crippen LogP) is 1.18. The lowest BCUT2D eigenvalue weighted by molar-refractivity contribution is -0.133. The fraction of sp³-hybridized carbons (Fsp3) is 0.727. The van der Waals surface area contributed by atoms with Gasteiger partial charge in [-0.15, -0.1) is 10.2 Å². The normalized spacial score (nSPS) is 12.5. The van der Waals surface area contributed by atoms with E-state index in [0.717, 1.165) is 30.4 Å². The lowest BCUT2D eigenvalue weighted by atomic mass is 10.3. The number of carbonyl (C=O) groups is 1. The first kappa shape index (κ1) is 16.2. The SMILES string of the molecule is CCCc1nnc(SCC(=O)O)n1CCS(=O)CC. The Morgan fingerprint density at radius 3 is 2.74 bits per heavy atom. The maximum Gasteiger partial charge on any atom is 0.313 e. The summed E-state index contributed by atoms with van der Waals surface area (Å²) in [5.74, 6) is 1.09. The molecule has 0 amide bonds. The van der Waals surface area contributed by atoms with Crippen molar-refractivity contribution in [3.05, 3.63) is 5.82 Å². The topological polar surface area (TPSA) is 85.1 Å². The quantitative estimate of drug-likeness (QED) is 0.690. The molecule has 0 radical (unpaired) electrons. The van der Waals surface area contributed by atoms with Crippen LogP contribution in [-0.4, -0.2) is 47.3 Å². The summed E-state index contributed by atoms with van der Waals surface area (Å²) in [6.07, 6.45) is 1.73. The summed E-state index contributed by atoms with van der Waals surface area (Å²) in [4.78, 5) is 10.6. The summed E-state index contributed by atoms with van der Waals surface area (Å²) in [7, 11) is -0.847. The number of hydrogen-bond donors (Lipinski definition) is 1. The molecule has 0 aliphatic rings. The third-order valence-electron chi connectivity index (χ3n) is 2.46. The van der Waals surface area contributed by atoms with Crippen molar-refractivity contribution in [2.24, 2.45) is 0 Å². The van der Waals surface area contributed by atoms with Crippen LogP contribution in [0.2, 0.25) is 0 Å². The molecule has 1 atom stereocenters. The Hall–Kier alpha value is -0.890. The summed E-state index contributed by atoms with van der Waals surface area (Å²) in [5.41, 5.74) is 0. The molecule has 1 rings (SSSR count). The van der Waals surface area contributed by atoms with Gasteiger partial charge in [-0.2, -0.15) is 0 Å². The highest BCUT2D eigenvalue weighted by Crippen LogP contribution is 2.17. The van der Waals surface area contributed by atoms with Crippen molar-refractivity contribution in [2.75, 3.05) is 17.3 Å². The van der Waals surface area contributed by atoms with Gasteiger partial charge >= 0.3 is 5.97 Å². The standard InChI is InChI=1S/C11H19N3O3S2/c1-3-5-9-12-13-11(18-8-10(15)16)14(9)6-7-19(17)4-2/h3-8H2,1-2H3,(H,15,16). The Kier molecular flexibility index (Phi) is 7.07. The van der Waals surface area contributed by atoms with Gasteiger partial charge in [-0.25, -0.2) is 0 Å². The summed E-state index contributed by atoms with van der Waals surface area (Å²) in [6.45, 7) is 4.51. The van der Waals surface area contributed by atoms with Gasteiger partial charge in [0.15, 0.2) is 5.16 Å². The van der Waals surface area contributed by atoms with Crippen LogP contribution in [-0.2, 0) is 28.6 Å². The molecule has 1 aromatic rings. The molecule has 0 saturated carbocycles. The van der Waals surface area contributed by atoms with E-state index < -0.39 is 16.8 Å². The van der Waals surface area contributed by atoms with Gasteiger partial charge in [0, 0.05) is 35.3 Å². The number of aliphatic carboxylic acids is 1. The molecule has 108 valence electrons. The molecule has 0 aliphatic carbocycles. The summed E-state index contributed by atoms with van der Waals surface area (Å²) in [6, 6.07) is 0. The highest BCUT2D eigenvalue weighted by molar-refractivity contribution is 7.99. The van der Waals surface area contributed by atoms with Crippen LogP contribution in [0, 0.1) is 0 Å². The molecule has 1 unspecified atom stereocenters. The first-order valence-electron chi connectivity index (χ1n) is 6.20. The van der Waals surface area contributed by atoms with Gasteiger partial charge in [-0.1, -0.05) is 25.6 Å². The lowest BCUT2D eigenvalue weighted by Gasteiger charge is -2.08. The van der Waals surface area contributed by atoms with E-state index in [2.05, 4.69) is 10.2 Å². The third-order valence-corrected chi connectivity index (χ3v) is 4.69. The van der Waals surface area contributed by atoms with Crippen molar-refractivity contribution in [3.63, 3.8) is 0 Å². The van der Waals surface area contributed by atoms with Gasteiger partial charge in [-0.05, 0) is 6.42 Å². The summed E-state index contributed by atoms with van der Waals surface area (Å²) < 4.78 is 13.4. The molecular weight excluding hydrogens is 286 g/mol. The van der Waals surface area contributed by atoms with E-state index in [1.165, 1.54) is 0 Å². The zero-order valence-corrected chi connectivity index (χ0v) is 12.8. The Morgan fingerprint density at radius 2 is 2.16 bits per heavy atom. The van der Waals surface area contributed by atoms with Crippen LogP contribution in [0.15, 0.2) is 5.16 Å². The van der Waals surface area contributed by atoms with Gasteiger partial charge in [0.2, 0.25) is 0 Å². The van der Waals surface area contributed by atoms with Gasteiger partial charge < -0.3 is 9.67 Å². The second kappa shape index (κ2) is 8.31. The number of aryl methyl sites for hydroxylation is 1. The Bertz CT molecular complexity index is 448. The molecule has 6 nitrogen and oxygen atoms in total. The van der Waals surface area contributed by atoms with Crippen LogP contribution in [0.25, 0.3) is 0 Å². The largest absolute Gasteiger partial charge is 0.481 e. The van der Waals surface area contributed by atoms with Crippen molar-refractivity contribution >= 4 is 28.5 Å². The number of rotatable bonds is 9. The molecule has 19 heavy (non-hydrogen) atoms. The average molecular weight is 305 g/mol. The molecule has 0 fully saturated rings. The molecule has 0 bridgehead atoms. The van der Waals surface area contributed by atoms with E-state index in [1.807, 2.05) is 18.4 Å². The van der Waals surface area contributed by atoms with E-state index in [4.69, 9.17) is 5.11 Å². The van der Waals surface area contributed by atoms with Crippen molar-refractivity contribution in [1.29, 1.82) is 0 Å². The summed E-state index contributed by atoms with van der Waals surface area (Å²) >= 11 is 1.15. The molecule has 1 heterocycles. The summed E-state index contributed by atoms with van der Waals surface area (Å²) in [5, 5.41) is 17.4. The fourth-order valence-electron chi connectivity index (χ4n) is 1.52. The highest BCUT2D eigenvalue weighted by atomic mass is 32.2. The molecule has 0 aromatic carbocycles. The van der Waals surface area contributed by atoms with E-state index >= 15 is 0 Å². The Labute approximate surface area is 119 Å². The van der Waals surface area contributed by atoms with Crippen molar-refractivity contribution in [2.45, 2.75) is 38.4 Å². The first-order chi connectivity index (χ1) is 9.08.